The van der Waals surface area contributed by atoms with E-state index in [2.05, 4.69) is 200 Å². The van der Waals surface area contributed by atoms with Gasteiger partial charge in [-0.1, -0.05) is 204 Å². The van der Waals surface area contributed by atoms with Gasteiger partial charge in [0.2, 0.25) is 5.95 Å². The molecule has 0 saturated carbocycles. The molecule has 4 heteroatoms. The van der Waals surface area contributed by atoms with Crippen LogP contribution in [-0.4, -0.2) is 19.5 Å². The Morgan fingerprint density at radius 2 is 1.10 bits per heavy atom. The zero-order valence-electron chi connectivity index (χ0n) is 35.5. The minimum atomic E-state index is -0.114. The molecule has 2 aliphatic carbocycles. The molecular formula is C58H46N4. The monoisotopic (exact) mass is 798 g/mol. The van der Waals surface area contributed by atoms with E-state index in [9.17, 15) is 0 Å². The van der Waals surface area contributed by atoms with Gasteiger partial charge in [0.05, 0.1) is 11.2 Å². The van der Waals surface area contributed by atoms with Gasteiger partial charge in [-0.25, -0.2) is 4.98 Å². The summed E-state index contributed by atoms with van der Waals surface area (Å²) >= 11 is 0. The molecule has 0 unspecified atom stereocenters. The molecule has 0 fully saturated rings. The second-order valence-electron chi connectivity index (χ2n) is 16.7. The van der Waals surface area contributed by atoms with Crippen molar-refractivity contribution in [1.82, 2.24) is 19.5 Å². The van der Waals surface area contributed by atoms with Crippen molar-refractivity contribution in [3.63, 3.8) is 0 Å². The second kappa shape index (κ2) is 14.9. The number of hydrogen-bond acceptors (Lipinski definition) is 3. The van der Waals surface area contributed by atoms with Gasteiger partial charge in [0, 0.05) is 32.9 Å². The number of rotatable bonds is 5. The molecule has 62 heavy (non-hydrogen) atoms. The zero-order chi connectivity index (χ0) is 42.0. The van der Waals surface area contributed by atoms with Gasteiger partial charge in [-0.3, -0.25) is 4.57 Å². The maximum atomic E-state index is 5.48. The van der Waals surface area contributed by atoms with E-state index in [0.717, 1.165) is 46.1 Å². The number of benzene rings is 8. The molecule has 4 nitrogen and oxygen atoms in total. The summed E-state index contributed by atoms with van der Waals surface area (Å²) in [7, 11) is 0. The molecule has 0 spiro atoms. The Hall–Kier alpha value is -7.43. The van der Waals surface area contributed by atoms with Gasteiger partial charge in [0.25, 0.3) is 0 Å². The summed E-state index contributed by atoms with van der Waals surface area (Å²) in [6.45, 7) is 8.72. The molecule has 0 radical (unpaired) electrons. The number of nitrogens with zero attached hydrogens (tertiary/aromatic N) is 4. The van der Waals surface area contributed by atoms with Crippen LogP contribution in [0, 0.1) is 0 Å². The molecular weight excluding hydrogens is 753 g/mol. The highest BCUT2D eigenvalue weighted by Gasteiger charge is 2.38. The summed E-state index contributed by atoms with van der Waals surface area (Å²) in [6.07, 6.45) is 4.33. The lowest BCUT2D eigenvalue weighted by molar-refractivity contribution is 0.660. The molecule has 0 atom stereocenters. The van der Waals surface area contributed by atoms with Gasteiger partial charge >= 0.3 is 0 Å². The zero-order valence-corrected chi connectivity index (χ0v) is 35.5. The Labute approximate surface area is 362 Å². The SMILES string of the molecule is CC.CC1(C)c2ccccc2-c2c(C3=CCCc4c3n(-c3nc(-c5ccc(-c6ccccc6)cc5)nc(-c5ccc6ccccc6c5)n3)c3c4ccc4ccccc43)cccc21. The first-order valence-corrected chi connectivity index (χ1v) is 21.9. The van der Waals surface area contributed by atoms with E-state index in [0.29, 0.717) is 17.6 Å². The van der Waals surface area contributed by atoms with Crippen molar-refractivity contribution in [2.45, 2.75) is 46.0 Å². The lowest BCUT2D eigenvalue weighted by Gasteiger charge is -2.23. The van der Waals surface area contributed by atoms with Crippen molar-refractivity contribution in [3.8, 4) is 51.0 Å². The molecule has 0 N–H and O–H groups in total. The quantitative estimate of drug-likeness (QED) is 0.174. The van der Waals surface area contributed by atoms with E-state index in [4.69, 9.17) is 15.0 Å². The van der Waals surface area contributed by atoms with Crippen LogP contribution < -0.4 is 0 Å². The maximum absolute atomic E-state index is 5.48. The normalized spacial score (nSPS) is 13.6. The second-order valence-corrected chi connectivity index (χ2v) is 16.7. The van der Waals surface area contributed by atoms with Crippen LogP contribution in [0.25, 0.3) is 89.0 Å². The van der Waals surface area contributed by atoms with E-state index >= 15 is 0 Å². The third-order valence-electron chi connectivity index (χ3n) is 12.9. The van der Waals surface area contributed by atoms with Crippen LogP contribution in [-0.2, 0) is 11.8 Å². The average Bonchev–Trinajstić information content (AvgIpc) is 3.81. The van der Waals surface area contributed by atoms with Crippen LogP contribution in [0.15, 0.2) is 182 Å². The van der Waals surface area contributed by atoms with E-state index in [1.807, 2.05) is 13.8 Å². The molecule has 0 amide bonds. The van der Waals surface area contributed by atoms with Crippen LogP contribution in [0.5, 0.6) is 0 Å². The van der Waals surface area contributed by atoms with Crippen LogP contribution in [0.2, 0.25) is 0 Å². The van der Waals surface area contributed by atoms with Crippen molar-refractivity contribution in [2.24, 2.45) is 0 Å². The predicted molar refractivity (Wildman–Crippen MR) is 259 cm³/mol. The summed E-state index contributed by atoms with van der Waals surface area (Å²) in [5, 5.41) is 5.92. The summed E-state index contributed by atoms with van der Waals surface area (Å²) in [4.78, 5) is 16.2. The van der Waals surface area contributed by atoms with Gasteiger partial charge in [-0.15, -0.1) is 0 Å². The molecule has 0 bridgehead atoms. The first-order valence-electron chi connectivity index (χ1n) is 21.9. The standard InChI is InChI=1S/C56H40N4.C2H6/c1-56(2)48-24-11-10-20-47(48)50-43(21-13-25-49(50)56)44-22-12-23-45-46-33-32-38-17-8-9-19-42(38)51(46)60(52(44)45)55-58-53(39-29-26-37(27-30-39)35-14-4-3-5-15-35)57-54(59-55)41-31-28-36-16-6-7-18-40(36)34-41;1-2/h3-11,13-22,24-34H,12,23H2,1-2H3;1-2H3. The lowest BCUT2D eigenvalue weighted by atomic mass is 9.81. The molecule has 0 aliphatic heterocycles. The number of aromatic nitrogens is 4. The summed E-state index contributed by atoms with van der Waals surface area (Å²) in [6, 6.07) is 63.2. The Morgan fingerprint density at radius 3 is 1.92 bits per heavy atom. The van der Waals surface area contributed by atoms with E-state index < -0.39 is 0 Å². The maximum Gasteiger partial charge on any atom is 0.238 e. The Balaban J connectivity index is 0.00000213. The van der Waals surface area contributed by atoms with Crippen molar-refractivity contribution >= 4 is 38.0 Å². The summed E-state index contributed by atoms with van der Waals surface area (Å²) in [5.74, 6) is 1.89. The third kappa shape index (κ3) is 5.93. The lowest BCUT2D eigenvalue weighted by Crippen LogP contribution is -2.15. The minimum absolute atomic E-state index is 0.114. The highest BCUT2D eigenvalue weighted by Crippen LogP contribution is 2.53. The first-order chi connectivity index (χ1) is 30.5. The van der Waals surface area contributed by atoms with Crippen LogP contribution in [0.1, 0.15) is 62.1 Å². The molecule has 2 aromatic heterocycles. The van der Waals surface area contributed by atoms with Gasteiger partial charge in [-0.05, 0) is 79.6 Å². The van der Waals surface area contributed by atoms with E-state index in [1.54, 1.807) is 0 Å². The first kappa shape index (κ1) is 37.6. The van der Waals surface area contributed by atoms with Gasteiger partial charge in [0.15, 0.2) is 11.6 Å². The molecule has 298 valence electrons. The van der Waals surface area contributed by atoms with Crippen LogP contribution in [0.3, 0.4) is 0 Å². The Morgan fingerprint density at radius 1 is 0.484 bits per heavy atom. The fraction of sp³-hybridized carbons (Fsp3) is 0.121. The van der Waals surface area contributed by atoms with Crippen molar-refractivity contribution in [1.29, 1.82) is 0 Å². The van der Waals surface area contributed by atoms with Crippen molar-refractivity contribution < 1.29 is 0 Å². The Bertz CT molecular complexity index is 3390. The molecule has 10 aromatic rings. The molecule has 2 aliphatic rings. The molecule has 12 rings (SSSR count). The Kier molecular flexibility index (Phi) is 9.05. The molecule has 8 aromatic carbocycles. The highest BCUT2D eigenvalue weighted by molar-refractivity contribution is 6.11. The van der Waals surface area contributed by atoms with Crippen molar-refractivity contribution in [2.75, 3.05) is 0 Å². The number of hydrogen-bond donors (Lipinski definition) is 0. The van der Waals surface area contributed by atoms with Crippen LogP contribution >= 0.6 is 0 Å². The third-order valence-corrected chi connectivity index (χ3v) is 12.9. The highest BCUT2D eigenvalue weighted by atomic mass is 15.2. The van der Waals surface area contributed by atoms with Gasteiger partial charge in [-0.2, -0.15) is 9.97 Å². The van der Waals surface area contributed by atoms with Gasteiger partial charge in [0.1, 0.15) is 0 Å². The largest absolute Gasteiger partial charge is 0.277 e. The van der Waals surface area contributed by atoms with E-state index in [-0.39, 0.29) is 5.41 Å². The van der Waals surface area contributed by atoms with Crippen molar-refractivity contribution in [3.05, 3.63) is 210 Å². The molecule has 2 heterocycles. The predicted octanol–water partition coefficient (Wildman–Crippen LogP) is 14.8. The number of aryl methyl sites for hydroxylation is 1. The summed E-state index contributed by atoms with van der Waals surface area (Å²) < 4.78 is 2.37. The van der Waals surface area contributed by atoms with E-state index in [1.165, 1.54) is 66.1 Å². The fourth-order valence-corrected chi connectivity index (χ4v) is 10.0. The summed E-state index contributed by atoms with van der Waals surface area (Å²) in [5.41, 5.74) is 15.6. The molecule has 0 saturated heterocycles. The smallest absolute Gasteiger partial charge is 0.238 e. The minimum Gasteiger partial charge on any atom is -0.277 e. The van der Waals surface area contributed by atoms with Gasteiger partial charge < -0.3 is 0 Å². The van der Waals surface area contributed by atoms with Crippen LogP contribution in [0.4, 0.5) is 0 Å². The topological polar surface area (TPSA) is 43.6 Å². The average molecular weight is 799 g/mol. The number of fused-ring (bicyclic) bond motifs is 9. The fourth-order valence-electron chi connectivity index (χ4n) is 10.0. The number of allylic oxidation sites excluding steroid dienone is 1.